The van der Waals surface area contributed by atoms with Crippen molar-refractivity contribution in [2.24, 2.45) is 5.92 Å². The van der Waals surface area contributed by atoms with Gasteiger partial charge in [-0.1, -0.05) is 24.1 Å². The van der Waals surface area contributed by atoms with Crippen molar-refractivity contribution in [1.82, 2.24) is 20.3 Å². The molecule has 3 aliphatic rings. The summed E-state index contributed by atoms with van der Waals surface area (Å²) in [4.78, 5) is 26.4. The van der Waals surface area contributed by atoms with Crippen LogP contribution >= 0.6 is 0 Å². The lowest BCUT2D eigenvalue weighted by molar-refractivity contribution is -0.153. The van der Waals surface area contributed by atoms with Crippen LogP contribution in [0.2, 0.25) is 0 Å². The van der Waals surface area contributed by atoms with Crippen LogP contribution in [-0.2, 0) is 24.9 Å². The van der Waals surface area contributed by atoms with Crippen molar-refractivity contribution in [2.75, 3.05) is 11.9 Å². The van der Waals surface area contributed by atoms with E-state index in [0.717, 1.165) is 30.4 Å². The average molecular weight is 530 g/mol. The predicted molar refractivity (Wildman–Crippen MR) is 128 cm³/mol. The SMILES string of the molecule is Cc1cc(C(=O)Nc2c3c(nn2CCC2CC2)C[C@]2(CCc4cc(OCC(F)(F)F)ccc42)NC3=O)on1. The van der Waals surface area contributed by atoms with Crippen LogP contribution in [0.5, 0.6) is 5.75 Å². The van der Waals surface area contributed by atoms with Gasteiger partial charge < -0.3 is 19.9 Å². The van der Waals surface area contributed by atoms with Gasteiger partial charge in [0.2, 0.25) is 5.76 Å². The van der Waals surface area contributed by atoms with E-state index in [-0.39, 0.29) is 17.4 Å². The smallest absolute Gasteiger partial charge is 0.422 e. The minimum Gasteiger partial charge on any atom is -0.484 e. The number of nitrogens with zero attached hydrogens (tertiary/aromatic N) is 3. The molecular weight excluding hydrogens is 503 g/mol. The lowest BCUT2D eigenvalue weighted by atomic mass is 9.82. The summed E-state index contributed by atoms with van der Waals surface area (Å²) < 4.78 is 49.4. The van der Waals surface area contributed by atoms with Crippen LogP contribution in [-0.4, -0.2) is 39.5 Å². The molecule has 0 saturated heterocycles. The Kier molecular flexibility index (Phi) is 5.73. The van der Waals surface area contributed by atoms with E-state index in [9.17, 15) is 22.8 Å². The lowest BCUT2D eigenvalue weighted by Gasteiger charge is -2.35. The molecule has 0 bridgehead atoms. The van der Waals surface area contributed by atoms with Crippen LogP contribution in [0, 0.1) is 12.8 Å². The standard InChI is InChI=1S/C26H26F3N5O4/c1-14-10-20(38-33-14)23(35)30-22-21-19(32-34(22)9-7-15-2-3-15)12-25(31-24(21)36)8-6-16-11-17(4-5-18(16)25)37-13-26(27,28)29/h4-5,10-11,15H,2-3,6-9,12-13H2,1H3,(H,30,35)(H,31,36)/t25-/m0/s1. The van der Waals surface area contributed by atoms with E-state index in [1.165, 1.54) is 12.1 Å². The number of hydrogen-bond donors (Lipinski definition) is 2. The number of carbonyl (C=O) groups is 2. The first-order valence-electron chi connectivity index (χ1n) is 12.6. The first kappa shape index (κ1) is 24.5. The average Bonchev–Trinajstić information content (AvgIpc) is 3.35. The molecule has 0 radical (unpaired) electrons. The van der Waals surface area contributed by atoms with Gasteiger partial charge in [-0.25, -0.2) is 4.68 Å². The molecule has 0 unspecified atom stereocenters. The zero-order valence-electron chi connectivity index (χ0n) is 20.7. The van der Waals surface area contributed by atoms with Crippen LogP contribution in [0.25, 0.3) is 0 Å². The topological polar surface area (TPSA) is 111 Å². The quantitative estimate of drug-likeness (QED) is 0.472. The highest BCUT2D eigenvalue weighted by molar-refractivity contribution is 6.08. The maximum absolute atomic E-state index is 13.5. The molecule has 2 N–H and O–H groups in total. The second-order valence-electron chi connectivity index (χ2n) is 10.3. The third-order valence-electron chi connectivity index (χ3n) is 7.42. The van der Waals surface area contributed by atoms with Crippen molar-refractivity contribution in [2.45, 2.75) is 63.7 Å². The number of carbonyl (C=O) groups excluding carboxylic acids is 2. The number of rotatable bonds is 7. The fourth-order valence-corrected chi connectivity index (χ4v) is 5.42. The van der Waals surface area contributed by atoms with Crippen molar-refractivity contribution >= 4 is 17.6 Å². The molecule has 1 fully saturated rings. The van der Waals surface area contributed by atoms with Crippen LogP contribution in [0.15, 0.2) is 28.8 Å². The molecule has 1 spiro atoms. The highest BCUT2D eigenvalue weighted by atomic mass is 19.4. The number of aryl methyl sites for hydroxylation is 3. The van der Waals surface area contributed by atoms with Gasteiger partial charge in [-0.2, -0.15) is 18.3 Å². The zero-order chi connectivity index (χ0) is 26.7. The number of fused-ring (bicyclic) bond motifs is 3. The van der Waals surface area contributed by atoms with E-state index in [2.05, 4.69) is 15.8 Å². The molecule has 2 amide bonds. The van der Waals surface area contributed by atoms with Crippen molar-refractivity contribution in [1.29, 1.82) is 0 Å². The largest absolute Gasteiger partial charge is 0.484 e. The molecule has 1 aliphatic heterocycles. The number of anilines is 1. The second-order valence-corrected chi connectivity index (χ2v) is 10.3. The fourth-order valence-electron chi connectivity index (χ4n) is 5.42. The molecule has 3 aromatic rings. The molecular formula is C26H26F3N5O4. The molecule has 6 rings (SSSR count). The van der Waals surface area contributed by atoms with Gasteiger partial charge >= 0.3 is 6.18 Å². The first-order valence-corrected chi connectivity index (χ1v) is 12.6. The van der Waals surface area contributed by atoms with E-state index < -0.39 is 24.2 Å². The van der Waals surface area contributed by atoms with Gasteiger partial charge in [0.1, 0.15) is 17.1 Å². The number of ether oxygens (including phenoxy) is 1. The molecule has 9 nitrogen and oxygen atoms in total. The van der Waals surface area contributed by atoms with Gasteiger partial charge in [0.15, 0.2) is 6.61 Å². The first-order chi connectivity index (χ1) is 18.1. The van der Waals surface area contributed by atoms with E-state index in [1.54, 1.807) is 23.7 Å². The number of aromatic nitrogens is 3. The molecule has 2 aliphatic carbocycles. The summed E-state index contributed by atoms with van der Waals surface area (Å²) in [7, 11) is 0. The molecule has 1 aromatic carbocycles. The second kappa shape index (κ2) is 8.88. The van der Waals surface area contributed by atoms with Gasteiger partial charge in [0.05, 0.1) is 16.9 Å². The molecule has 2 aromatic heterocycles. The Bertz CT molecular complexity index is 1420. The third kappa shape index (κ3) is 4.63. The predicted octanol–water partition coefficient (Wildman–Crippen LogP) is 4.30. The summed E-state index contributed by atoms with van der Waals surface area (Å²) in [6.45, 7) is 0.900. The highest BCUT2D eigenvalue weighted by Crippen LogP contribution is 2.44. The van der Waals surface area contributed by atoms with Crippen LogP contribution < -0.4 is 15.4 Å². The summed E-state index contributed by atoms with van der Waals surface area (Å²) in [5, 5.41) is 14.5. The molecule has 200 valence electrons. The lowest BCUT2D eigenvalue weighted by Crippen LogP contribution is -2.49. The molecule has 12 heteroatoms. The van der Waals surface area contributed by atoms with Gasteiger partial charge in [0.25, 0.3) is 11.8 Å². The van der Waals surface area contributed by atoms with Crippen molar-refractivity contribution in [3.63, 3.8) is 0 Å². The van der Waals surface area contributed by atoms with E-state index in [0.29, 0.717) is 54.5 Å². The van der Waals surface area contributed by atoms with Crippen molar-refractivity contribution < 1.29 is 32.0 Å². The van der Waals surface area contributed by atoms with E-state index in [1.807, 2.05) is 0 Å². The summed E-state index contributed by atoms with van der Waals surface area (Å²) >= 11 is 0. The maximum Gasteiger partial charge on any atom is 0.422 e. The number of amides is 2. The van der Waals surface area contributed by atoms with Gasteiger partial charge in [-0.05, 0) is 55.4 Å². The molecule has 1 saturated carbocycles. The van der Waals surface area contributed by atoms with Crippen LogP contribution in [0.3, 0.4) is 0 Å². The highest BCUT2D eigenvalue weighted by Gasteiger charge is 2.47. The van der Waals surface area contributed by atoms with Crippen LogP contribution in [0.1, 0.15) is 69.1 Å². The Morgan fingerprint density at radius 2 is 2.13 bits per heavy atom. The Morgan fingerprint density at radius 3 is 2.84 bits per heavy atom. The normalized spacial score (nSPS) is 20.3. The number of nitrogens with one attached hydrogen (secondary N) is 2. The van der Waals surface area contributed by atoms with Gasteiger partial charge in [-0.15, -0.1) is 0 Å². The summed E-state index contributed by atoms with van der Waals surface area (Å²) in [6, 6.07) is 6.34. The Morgan fingerprint density at radius 1 is 1.32 bits per heavy atom. The minimum atomic E-state index is -4.42. The van der Waals surface area contributed by atoms with Gasteiger partial charge in [0, 0.05) is 19.0 Å². The summed E-state index contributed by atoms with van der Waals surface area (Å²) in [6.07, 6.45) is 0.330. The molecule has 38 heavy (non-hydrogen) atoms. The number of alkyl halides is 3. The van der Waals surface area contributed by atoms with Crippen molar-refractivity contribution in [3.05, 3.63) is 58.1 Å². The fraction of sp³-hybridized carbons (Fsp3) is 0.462. The summed E-state index contributed by atoms with van der Waals surface area (Å²) in [5.41, 5.74) is 2.38. The summed E-state index contributed by atoms with van der Waals surface area (Å²) in [5.74, 6) is 0.225. The zero-order valence-corrected chi connectivity index (χ0v) is 20.7. The third-order valence-corrected chi connectivity index (χ3v) is 7.42. The number of hydrogen-bond acceptors (Lipinski definition) is 6. The molecule has 3 heterocycles. The van der Waals surface area contributed by atoms with Crippen LogP contribution in [0.4, 0.5) is 19.0 Å². The Labute approximate surface area is 215 Å². The number of benzene rings is 1. The minimum absolute atomic E-state index is 0.0344. The van der Waals surface area contributed by atoms with Crippen molar-refractivity contribution in [3.8, 4) is 5.75 Å². The molecule has 1 atom stereocenters. The maximum atomic E-state index is 13.5. The van der Waals surface area contributed by atoms with E-state index in [4.69, 9.17) is 14.4 Å². The number of halogens is 3. The Balaban J connectivity index is 1.30. The Hall–Kier alpha value is -3.83. The van der Waals surface area contributed by atoms with E-state index >= 15 is 0 Å². The van der Waals surface area contributed by atoms with Gasteiger partial charge in [-0.3, -0.25) is 9.59 Å². The monoisotopic (exact) mass is 529 g/mol.